The maximum Gasteiger partial charge on any atom is 0.240 e. The highest BCUT2D eigenvalue weighted by molar-refractivity contribution is 7.92. The molecule has 0 radical (unpaired) electrons. The molecule has 0 aliphatic rings. The molecular formula is C14H21ClN2O3S. The summed E-state index contributed by atoms with van der Waals surface area (Å²) < 4.78 is 24.8. The van der Waals surface area contributed by atoms with Crippen molar-refractivity contribution in [3.63, 3.8) is 0 Å². The first-order chi connectivity index (χ1) is 9.75. The van der Waals surface area contributed by atoms with E-state index < -0.39 is 10.0 Å². The van der Waals surface area contributed by atoms with Crippen molar-refractivity contribution in [2.45, 2.75) is 26.7 Å². The number of carbonyl (C=O) groups is 1. The molecule has 0 aromatic heterocycles. The van der Waals surface area contributed by atoms with E-state index in [4.69, 9.17) is 11.6 Å². The Labute approximate surface area is 131 Å². The van der Waals surface area contributed by atoms with E-state index in [1.54, 1.807) is 18.2 Å². The Bertz CT molecular complexity index is 602. The van der Waals surface area contributed by atoms with E-state index in [2.05, 4.69) is 5.32 Å². The number of sulfonamides is 1. The van der Waals surface area contributed by atoms with Crippen molar-refractivity contribution in [1.82, 2.24) is 5.32 Å². The van der Waals surface area contributed by atoms with Crippen LogP contribution in [0.15, 0.2) is 18.2 Å². The number of aryl methyl sites for hydroxylation is 1. The van der Waals surface area contributed by atoms with Crippen molar-refractivity contribution in [3.8, 4) is 0 Å². The molecule has 0 spiro atoms. The van der Waals surface area contributed by atoms with Gasteiger partial charge in [-0.15, -0.1) is 0 Å². The summed E-state index contributed by atoms with van der Waals surface area (Å²) in [6, 6.07) is 4.92. The highest BCUT2D eigenvalue weighted by Crippen LogP contribution is 2.24. The lowest BCUT2D eigenvalue weighted by Gasteiger charge is -2.22. The smallest absolute Gasteiger partial charge is 0.240 e. The van der Waals surface area contributed by atoms with E-state index in [0.29, 0.717) is 17.3 Å². The van der Waals surface area contributed by atoms with E-state index in [0.717, 1.165) is 29.0 Å². The minimum Gasteiger partial charge on any atom is -0.355 e. The summed E-state index contributed by atoms with van der Waals surface area (Å²) in [5.41, 5.74) is 1.24. The lowest BCUT2D eigenvalue weighted by Crippen LogP contribution is -2.40. The largest absolute Gasteiger partial charge is 0.355 e. The van der Waals surface area contributed by atoms with Crippen LogP contribution in [0.25, 0.3) is 0 Å². The van der Waals surface area contributed by atoms with Crippen molar-refractivity contribution in [1.29, 1.82) is 0 Å². The van der Waals surface area contributed by atoms with Gasteiger partial charge in [0.25, 0.3) is 0 Å². The Balaban J connectivity index is 2.92. The van der Waals surface area contributed by atoms with Crippen LogP contribution in [0.2, 0.25) is 5.02 Å². The molecule has 0 saturated heterocycles. The first-order valence-corrected chi connectivity index (χ1v) is 8.99. The minimum atomic E-state index is -3.56. The van der Waals surface area contributed by atoms with Crippen molar-refractivity contribution in [3.05, 3.63) is 28.8 Å². The zero-order valence-electron chi connectivity index (χ0n) is 12.5. The molecule has 0 bridgehead atoms. The summed E-state index contributed by atoms with van der Waals surface area (Å²) in [5.74, 6) is -0.328. The van der Waals surface area contributed by atoms with Gasteiger partial charge >= 0.3 is 0 Å². The molecule has 1 aromatic rings. The van der Waals surface area contributed by atoms with E-state index in [-0.39, 0.29) is 12.5 Å². The number of anilines is 1. The number of benzene rings is 1. The average Bonchev–Trinajstić information content (AvgIpc) is 2.38. The summed E-state index contributed by atoms with van der Waals surface area (Å²) in [6.45, 7) is 4.14. The van der Waals surface area contributed by atoms with Gasteiger partial charge in [-0.05, 0) is 31.0 Å². The Morgan fingerprint density at radius 1 is 1.38 bits per heavy atom. The van der Waals surface area contributed by atoms with Gasteiger partial charge in [-0.3, -0.25) is 9.10 Å². The van der Waals surface area contributed by atoms with Gasteiger partial charge < -0.3 is 5.32 Å². The van der Waals surface area contributed by atoms with Gasteiger partial charge in [-0.2, -0.15) is 0 Å². The van der Waals surface area contributed by atoms with Crippen LogP contribution in [0.3, 0.4) is 0 Å². The van der Waals surface area contributed by atoms with Gasteiger partial charge in [0.05, 0.1) is 11.9 Å². The van der Waals surface area contributed by atoms with Crippen molar-refractivity contribution >= 4 is 33.2 Å². The van der Waals surface area contributed by atoms with E-state index >= 15 is 0 Å². The summed E-state index contributed by atoms with van der Waals surface area (Å²) in [5, 5.41) is 3.17. The van der Waals surface area contributed by atoms with Gasteiger partial charge in [0.15, 0.2) is 0 Å². The number of hydrogen-bond acceptors (Lipinski definition) is 3. The maximum atomic E-state index is 11.9. The Morgan fingerprint density at radius 2 is 2.05 bits per heavy atom. The van der Waals surface area contributed by atoms with Crippen LogP contribution in [-0.2, 0) is 14.8 Å². The molecule has 0 unspecified atom stereocenters. The van der Waals surface area contributed by atoms with E-state index in [9.17, 15) is 13.2 Å². The third-order valence-corrected chi connectivity index (χ3v) is 4.53. The summed E-state index contributed by atoms with van der Waals surface area (Å²) in [7, 11) is -3.56. The maximum absolute atomic E-state index is 11.9. The number of nitrogens with zero attached hydrogens (tertiary/aromatic N) is 1. The summed E-state index contributed by atoms with van der Waals surface area (Å²) in [6.07, 6.45) is 2.89. The Kier molecular flexibility index (Phi) is 6.48. The minimum absolute atomic E-state index is 0.248. The van der Waals surface area contributed by atoms with Crippen LogP contribution in [0.1, 0.15) is 25.3 Å². The zero-order valence-corrected chi connectivity index (χ0v) is 14.1. The number of nitrogens with one attached hydrogen (secondary N) is 1. The lowest BCUT2D eigenvalue weighted by atomic mass is 10.2. The van der Waals surface area contributed by atoms with Gasteiger partial charge in [0.1, 0.15) is 6.54 Å². The fraction of sp³-hybridized carbons (Fsp3) is 0.500. The fourth-order valence-corrected chi connectivity index (χ4v) is 2.75. The molecule has 21 heavy (non-hydrogen) atoms. The first-order valence-electron chi connectivity index (χ1n) is 6.76. The standard InChI is InChI=1S/C14H21ClN2O3S/c1-4-5-8-16-14(18)10-17(21(3,19)20)12-7-6-11(2)13(15)9-12/h6-7,9H,4-5,8,10H2,1-3H3,(H,16,18). The van der Waals surface area contributed by atoms with E-state index in [1.807, 2.05) is 13.8 Å². The van der Waals surface area contributed by atoms with E-state index in [1.165, 1.54) is 0 Å². The molecule has 118 valence electrons. The van der Waals surface area contributed by atoms with Gasteiger partial charge in [0.2, 0.25) is 15.9 Å². The molecule has 0 heterocycles. The number of hydrogen-bond donors (Lipinski definition) is 1. The number of halogens is 1. The molecule has 0 aliphatic carbocycles. The molecule has 0 atom stereocenters. The molecule has 1 N–H and O–H groups in total. The fourth-order valence-electron chi connectivity index (χ4n) is 1.73. The van der Waals surface area contributed by atoms with Crippen molar-refractivity contribution < 1.29 is 13.2 Å². The SMILES string of the molecule is CCCCNC(=O)CN(c1ccc(C)c(Cl)c1)S(C)(=O)=O. The lowest BCUT2D eigenvalue weighted by molar-refractivity contribution is -0.119. The second-order valence-electron chi connectivity index (χ2n) is 4.91. The number of amides is 1. The Morgan fingerprint density at radius 3 is 2.57 bits per heavy atom. The van der Waals surface area contributed by atoms with Crippen molar-refractivity contribution in [2.75, 3.05) is 23.7 Å². The quantitative estimate of drug-likeness (QED) is 0.779. The molecular weight excluding hydrogens is 312 g/mol. The van der Waals surface area contributed by atoms with Crippen LogP contribution in [-0.4, -0.2) is 33.7 Å². The van der Waals surface area contributed by atoms with Gasteiger partial charge in [-0.25, -0.2) is 8.42 Å². The number of unbranched alkanes of at least 4 members (excludes halogenated alkanes) is 1. The summed E-state index contributed by atoms with van der Waals surface area (Å²) >= 11 is 6.02. The molecule has 7 heteroatoms. The predicted octanol–water partition coefficient (Wildman–Crippen LogP) is 2.33. The molecule has 1 aromatic carbocycles. The molecule has 0 aliphatic heterocycles. The third-order valence-electron chi connectivity index (χ3n) is 2.98. The van der Waals surface area contributed by atoms with Gasteiger partial charge in [-0.1, -0.05) is 31.0 Å². The average molecular weight is 333 g/mol. The van der Waals surface area contributed by atoms with Crippen LogP contribution in [0.5, 0.6) is 0 Å². The Hall–Kier alpha value is -1.27. The van der Waals surface area contributed by atoms with Crippen molar-refractivity contribution in [2.24, 2.45) is 0 Å². The number of rotatable bonds is 7. The van der Waals surface area contributed by atoms with Crippen LogP contribution < -0.4 is 9.62 Å². The van der Waals surface area contributed by atoms with Crippen LogP contribution in [0.4, 0.5) is 5.69 Å². The zero-order chi connectivity index (χ0) is 16.0. The molecule has 1 rings (SSSR count). The normalized spacial score (nSPS) is 11.2. The summed E-state index contributed by atoms with van der Waals surface area (Å²) in [4.78, 5) is 11.8. The molecule has 5 nitrogen and oxygen atoms in total. The number of carbonyl (C=O) groups excluding carboxylic acids is 1. The first kappa shape index (κ1) is 17.8. The third kappa shape index (κ3) is 5.55. The predicted molar refractivity (Wildman–Crippen MR) is 86.3 cm³/mol. The monoisotopic (exact) mass is 332 g/mol. The highest BCUT2D eigenvalue weighted by atomic mass is 35.5. The second-order valence-corrected chi connectivity index (χ2v) is 7.22. The van der Waals surface area contributed by atoms with Crippen LogP contribution >= 0.6 is 11.6 Å². The van der Waals surface area contributed by atoms with Gasteiger partial charge in [0, 0.05) is 11.6 Å². The topological polar surface area (TPSA) is 66.5 Å². The molecule has 0 saturated carbocycles. The molecule has 1 amide bonds. The highest BCUT2D eigenvalue weighted by Gasteiger charge is 2.21. The second kappa shape index (κ2) is 7.66. The molecule has 0 fully saturated rings. The van der Waals surface area contributed by atoms with Crippen LogP contribution in [0, 0.1) is 6.92 Å².